The van der Waals surface area contributed by atoms with Gasteiger partial charge in [0, 0.05) is 26.2 Å². The molecule has 0 spiro atoms. The zero-order valence-corrected chi connectivity index (χ0v) is 15.7. The first-order chi connectivity index (χ1) is 13.2. The maximum atomic E-state index is 12.4. The van der Waals surface area contributed by atoms with E-state index in [2.05, 4.69) is 15.6 Å². The Labute approximate surface area is 161 Å². The van der Waals surface area contributed by atoms with Crippen molar-refractivity contribution in [3.8, 4) is 0 Å². The summed E-state index contributed by atoms with van der Waals surface area (Å²) in [6.45, 7) is 2.78. The Morgan fingerprint density at radius 1 is 1.26 bits per heavy atom. The van der Waals surface area contributed by atoms with Gasteiger partial charge in [0.15, 0.2) is 5.01 Å². The van der Waals surface area contributed by atoms with Gasteiger partial charge in [-0.05, 0) is 18.4 Å². The summed E-state index contributed by atoms with van der Waals surface area (Å²) in [7, 11) is 0. The third-order valence-corrected chi connectivity index (χ3v) is 5.37. The molecule has 1 aliphatic heterocycles. The second-order valence-corrected chi connectivity index (χ2v) is 7.34. The van der Waals surface area contributed by atoms with E-state index in [1.54, 1.807) is 4.90 Å². The molecule has 0 radical (unpaired) electrons. The van der Waals surface area contributed by atoms with Gasteiger partial charge in [0.25, 0.3) is 11.8 Å². The number of aryl methyl sites for hydroxylation is 1. The third kappa shape index (κ3) is 5.21. The molecule has 2 N–H and O–H groups in total. The minimum atomic E-state index is -0.577. The molecule has 1 atom stereocenters. The number of piperazine rings is 1. The number of nitrogens with zero attached hydrogens (tertiary/aromatic N) is 2. The standard InChI is InChI=1S/C19H22N4O3S/c24-13-15(7-6-14-4-2-1-3-5-14)22-17(25)16-12-21-18(27-16)19(26)23-10-8-20-9-11-23/h1-5,12-13,15,20H,6-11H2,(H,22,25)/t15-/m0/s1. The first-order valence-electron chi connectivity index (χ1n) is 8.93. The van der Waals surface area contributed by atoms with Crippen LogP contribution < -0.4 is 10.6 Å². The van der Waals surface area contributed by atoms with Crippen molar-refractivity contribution >= 4 is 29.4 Å². The number of thiazole rings is 1. The average molecular weight is 386 g/mol. The fourth-order valence-electron chi connectivity index (χ4n) is 2.86. The highest BCUT2D eigenvalue weighted by atomic mass is 32.1. The summed E-state index contributed by atoms with van der Waals surface area (Å²) >= 11 is 1.06. The Morgan fingerprint density at radius 3 is 2.70 bits per heavy atom. The highest BCUT2D eigenvalue weighted by Gasteiger charge is 2.23. The van der Waals surface area contributed by atoms with Crippen molar-refractivity contribution in [2.24, 2.45) is 0 Å². The minimum Gasteiger partial charge on any atom is -0.342 e. The van der Waals surface area contributed by atoms with Crippen LogP contribution in [0.3, 0.4) is 0 Å². The highest BCUT2D eigenvalue weighted by molar-refractivity contribution is 7.15. The Hall–Kier alpha value is -2.58. The lowest BCUT2D eigenvalue weighted by molar-refractivity contribution is -0.109. The Morgan fingerprint density at radius 2 is 2.00 bits per heavy atom. The molecule has 2 aromatic rings. The summed E-state index contributed by atoms with van der Waals surface area (Å²) in [5.41, 5.74) is 1.11. The van der Waals surface area contributed by atoms with Crippen LogP contribution in [0.4, 0.5) is 0 Å². The first-order valence-corrected chi connectivity index (χ1v) is 9.75. The summed E-state index contributed by atoms with van der Waals surface area (Å²) in [6.07, 6.45) is 3.35. The quantitative estimate of drug-likeness (QED) is 0.696. The van der Waals surface area contributed by atoms with Crippen molar-refractivity contribution in [1.82, 2.24) is 20.5 Å². The molecule has 3 rings (SSSR count). The molecular weight excluding hydrogens is 364 g/mol. The minimum absolute atomic E-state index is 0.156. The second-order valence-electron chi connectivity index (χ2n) is 6.31. The predicted octanol–water partition coefficient (Wildman–Crippen LogP) is 1.12. The van der Waals surface area contributed by atoms with E-state index in [-0.39, 0.29) is 11.8 Å². The lowest BCUT2D eigenvalue weighted by atomic mass is 10.1. The Kier molecular flexibility index (Phi) is 6.67. The molecule has 2 amide bonds. The lowest BCUT2D eigenvalue weighted by Gasteiger charge is -2.26. The van der Waals surface area contributed by atoms with Crippen molar-refractivity contribution in [2.75, 3.05) is 26.2 Å². The number of aromatic nitrogens is 1. The number of hydrogen-bond donors (Lipinski definition) is 2. The van der Waals surface area contributed by atoms with Crippen molar-refractivity contribution in [1.29, 1.82) is 0 Å². The molecule has 2 heterocycles. The zero-order chi connectivity index (χ0) is 19.1. The molecule has 7 nitrogen and oxygen atoms in total. The molecular formula is C19H22N4O3S. The third-order valence-electron chi connectivity index (χ3n) is 4.38. The maximum Gasteiger partial charge on any atom is 0.282 e. The van der Waals surface area contributed by atoms with Gasteiger partial charge in [-0.3, -0.25) is 9.59 Å². The molecule has 1 aliphatic rings. The topological polar surface area (TPSA) is 91.4 Å². The van der Waals surface area contributed by atoms with E-state index in [4.69, 9.17) is 0 Å². The molecule has 27 heavy (non-hydrogen) atoms. The van der Waals surface area contributed by atoms with Crippen LogP contribution in [0.2, 0.25) is 0 Å². The molecule has 1 saturated heterocycles. The molecule has 142 valence electrons. The van der Waals surface area contributed by atoms with Gasteiger partial charge in [-0.15, -0.1) is 11.3 Å². The van der Waals surface area contributed by atoms with E-state index in [0.717, 1.165) is 36.3 Å². The monoisotopic (exact) mass is 386 g/mol. The van der Waals surface area contributed by atoms with Crippen LogP contribution in [0, 0.1) is 0 Å². The largest absolute Gasteiger partial charge is 0.342 e. The van der Waals surface area contributed by atoms with E-state index in [9.17, 15) is 14.4 Å². The Bertz CT molecular complexity index is 787. The van der Waals surface area contributed by atoms with E-state index >= 15 is 0 Å². The number of rotatable bonds is 7. The van der Waals surface area contributed by atoms with Gasteiger partial charge in [-0.2, -0.15) is 0 Å². The molecule has 8 heteroatoms. The van der Waals surface area contributed by atoms with Gasteiger partial charge < -0.3 is 20.3 Å². The van der Waals surface area contributed by atoms with E-state index < -0.39 is 6.04 Å². The van der Waals surface area contributed by atoms with E-state index in [1.165, 1.54) is 6.20 Å². The average Bonchev–Trinajstić information content (AvgIpc) is 3.22. The predicted molar refractivity (Wildman–Crippen MR) is 103 cm³/mol. The summed E-state index contributed by atoms with van der Waals surface area (Å²) in [5.74, 6) is -0.534. The Balaban J connectivity index is 1.56. The van der Waals surface area contributed by atoms with Crippen LogP contribution in [-0.4, -0.2) is 60.2 Å². The fourth-order valence-corrected chi connectivity index (χ4v) is 3.65. The number of nitrogens with one attached hydrogen (secondary N) is 2. The number of aldehydes is 1. The summed E-state index contributed by atoms with van der Waals surface area (Å²) in [4.78, 5) is 42.3. The summed E-state index contributed by atoms with van der Waals surface area (Å²) in [6, 6.07) is 9.22. The van der Waals surface area contributed by atoms with Gasteiger partial charge >= 0.3 is 0 Å². The fraction of sp³-hybridized carbons (Fsp3) is 0.368. The summed E-state index contributed by atoms with van der Waals surface area (Å²) in [5, 5.41) is 6.20. The molecule has 1 aromatic carbocycles. The van der Waals surface area contributed by atoms with Crippen LogP contribution in [-0.2, 0) is 11.2 Å². The zero-order valence-electron chi connectivity index (χ0n) is 14.9. The normalized spacial score (nSPS) is 15.2. The van der Waals surface area contributed by atoms with Crippen molar-refractivity contribution < 1.29 is 14.4 Å². The number of carbonyl (C=O) groups excluding carboxylic acids is 3. The van der Waals surface area contributed by atoms with Gasteiger partial charge in [-0.1, -0.05) is 30.3 Å². The molecule has 0 bridgehead atoms. The highest BCUT2D eigenvalue weighted by Crippen LogP contribution is 2.16. The van der Waals surface area contributed by atoms with Gasteiger partial charge in [0.05, 0.1) is 12.2 Å². The van der Waals surface area contributed by atoms with Crippen LogP contribution >= 0.6 is 11.3 Å². The molecule has 1 fully saturated rings. The number of hydrogen-bond acceptors (Lipinski definition) is 6. The van der Waals surface area contributed by atoms with Gasteiger partial charge in [-0.25, -0.2) is 4.98 Å². The smallest absolute Gasteiger partial charge is 0.282 e. The van der Waals surface area contributed by atoms with Gasteiger partial charge in [0.2, 0.25) is 0 Å². The van der Waals surface area contributed by atoms with E-state index in [0.29, 0.717) is 35.8 Å². The second kappa shape index (κ2) is 9.38. The van der Waals surface area contributed by atoms with Crippen LogP contribution in [0.1, 0.15) is 31.5 Å². The van der Waals surface area contributed by atoms with Crippen LogP contribution in [0.5, 0.6) is 0 Å². The summed E-state index contributed by atoms with van der Waals surface area (Å²) < 4.78 is 0. The lowest BCUT2D eigenvalue weighted by Crippen LogP contribution is -2.46. The van der Waals surface area contributed by atoms with Crippen LogP contribution in [0.15, 0.2) is 36.5 Å². The number of amides is 2. The molecule has 0 aliphatic carbocycles. The number of benzene rings is 1. The van der Waals surface area contributed by atoms with Gasteiger partial charge in [0.1, 0.15) is 11.2 Å². The SMILES string of the molecule is O=C[C@H](CCc1ccccc1)NC(=O)c1cnc(C(=O)N2CCNCC2)s1. The van der Waals surface area contributed by atoms with Crippen molar-refractivity contribution in [3.63, 3.8) is 0 Å². The first kappa shape index (κ1) is 19.2. The van der Waals surface area contributed by atoms with Crippen molar-refractivity contribution in [3.05, 3.63) is 52.0 Å². The molecule has 0 saturated carbocycles. The van der Waals surface area contributed by atoms with Crippen LogP contribution in [0.25, 0.3) is 0 Å². The number of carbonyl (C=O) groups is 3. The maximum absolute atomic E-state index is 12.4. The molecule has 1 aromatic heterocycles. The van der Waals surface area contributed by atoms with Crippen molar-refractivity contribution in [2.45, 2.75) is 18.9 Å². The molecule has 0 unspecified atom stereocenters. The van der Waals surface area contributed by atoms with E-state index in [1.807, 2.05) is 30.3 Å².